The predicted octanol–water partition coefficient (Wildman–Crippen LogP) is 2.30. The zero-order valence-corrected chi connectivity index (χ0v) is 10.2. The standard InChI is InChI=1S/C13H14F3NO2/c14-13(15,16)10-5-3-9(4-6-10)12(19)17-7-1-2-11(18)8-17/h3-6,11,18H,1-2,7-8H2. The van der Waals surface area contributed by atoms with Gasteiger partial charge in [0.25, 0.3) is 5.91 Å². The molecule has 2 rings (SSSR count). The molecule has 1 aliphatic rings. The van der Waals surface area contributed by atoms with Crippen LogP contribution in [-0.4, -0.2) is 35.1 Å². The molecule has 19 heavy (non-hydrogen) atoms. The number of benzene rings is 1. The molecule has 1 amide bonds. The molecule has 0 saturated carbocycles. The molecule has 1 N–H and O–H groups in total. The Hall–Kier alpha value is -1.56. The van der Waals surface area contributed by atoms with Crippen molar-refractivity contribution in [1.29, 1.82) is 0 Å². The molecule has 1 aromatic carbocycles. The van der Waals surface area contributed by atoms with Crippen LogP contribution in [0.1, 0.15) is 28.8 Å². The zero-order chi connectivity index (χ0) is 14.0. The number of nitrogens with zero attached hydrogens (tertiary/aromatic N) is 1. The van der Waals surface area contributed by atoms with Crippen LogP contribution in [0.3, 0.4) is 0 Å². The molecular weight excluding hydrogens is 259 g/mol. The Kier molecular flexibility index (Phi) is 3.80. The Balaban J connectivity index is 2.11. The van der Waals surface area contributed by atoms with Crippen molar-refractivity contribution in [2.24, 2.45) is 0 Å². The van der Waals surface area contributed by atoms with Gasteiger partial charge in [-0.05, 0) is 37.1 Å². The molecule has 3 nitrogen and oxygen atoms in total. The lowest BCUT2D eigenvalue weighted by Crippen LogP contribution is -2.42. The van der Waals surface area contributed by atoms with Crippen molar-refractivity contribution in [2.45, 2.75) is 25.1 Å². The summed E-state index contributed by atoms with van der Waals surface area (Å²) < 4.78 is 37.2. The number of likely N-dealkylation sites (tertiary alicyclic amines) is 1. The van der Waals surface area contributed by atoms with Gasteiger partial charge in [0, 0.05) is 18.7 Å². The quantitative estimate of drug-likeness (QED) is 0.853. The van der Waals surface area contributed by atoms with E-state index in [1.807, 2.05) is 0 Å². The van der Waals surface area contributed by atoms with E-state index in [9.17, 15) is 23.1 Å². The topological polar surface area (TPSA) is 40.5 Å². The summed E-state index contributed by atoms with van der Waals surface area (Å²) in [4.78, 5) is 13.5. The molecule has 1 aliphatic heterocycles. The van der Waals surface area contributed by atoms with Gasteiger partial charge < -0.3 is 10.0 Å². The minimum absolute atomic E-state index is 0.210. The van der Waals surface area contributed by atoms with Crippen LogP contribution in [0, 0.1) is 0 Å². The van der Waals surface area contributed by atoms with Gasteiger partial charge in [-0.25, -0.2) is 0 Å². The maximum Gasteiger partial charge on any atom is 0.416 e. The SMILES string of the molecule is O=C(c1ccc(C(F)(F)F)cc1)N1CCCC(O)C1. The Morgan fingerprint density at radius 3 is 2.42 bits per heavy atom. The van der Waals surface area contributed by atoms with Crippen molar-refractivity contribution in [3.8, 4) is 0 Å². The Labute approximate surface area is 108 Å². The van der Waals surface area contributed by atoms with E-state index in [1.54, 1.807) is 0 Å². The van der Waals surface area contributed by atoms with Crippen molar-refractivity contribution in [2.75, 3.05) is 13.1 Å². The molecule has 1 aromatic rings. The number of aliphatic hydroxyl groups excluding tert-OH is 1. The molecule has 104 valence electrons. The number of carbonyl (C=O) groups is 1. The summed E-state index contributed by atoms with van der Waals surface area (Å²) in [6.45, 7) is 0.761. The fourth-order valence-corrected chi connectivity index (χ4v) is 2.12. The van der Waals surface area contributed by atoms with Crippen molar-refractivity contribution in [3.05, 3.63) is 35.4 Å². The lowest BCUT2D eigenvalue weighted by Gasteiger charge is -2.30. The first kappa shape index (κ1) is 13.9. The molecule has 0 radical (unpaired) electrons. The van der Waals surface area contributed by atoms with Gasteiger partial charge in [-0.15, -0.1) is 0 Å². The lowest BCUT2D eigenvalue weighted by molar-refractivity contribution is -0.137. The van der Waals surface area contributed by atoms with Crippen LogP contribution in [0.25, 0.3) is 0 Å². The number of aliphatic hydroxyl groups is 1. The largest absolute Gasteiger partial charge is 0.416 e. The molecule has 0 aromatic heterocycles. The van der Waals surface area contributed by atoms with Crippen LogP contribution in [0.2, 0.25) is 0 Å². The summed E-state index contributed by atoms with van der Waals surface area (Å²) in [5, 5.41) is 9.48. The van der Waals surface area contributed by atoms with Crippen molar-refractivity contribution >= 4 is 5.91 Å². The highest BCUT2D eigenvalue weighted by atomic mass is 19.4. The minimum atomic E-state index is -4.40. The van der Waals surface area contributed by atoms with E-state index in [0.29, 0.717) is 19.4 Å². The zero-order valence-electron chi connectivity index (χ0n) is 10.2. The fourth-order valence-electron chi connectivity index (χ4n) is 2.12. The Morgan fingerprint density at radius 1 is 1.26 bits per heavy atom. The van der Waals surface area contributed by atoms with Gasteiger partial charge in [0.1, 0.15) is 0 Å². The number of carbonyl (C=O) groups excluding carboxylic acids is 1. The van der Waals surface area contributed by atoms with Crippen LogP contribution in [0.15, 0.2) is 24.3 Å². The number of hydrogen-bond acceptors (Lipinski definition) is 2. The second-order valence-corrected chi connectivity index (χ2v) is 4.62. The summed E-state index contributed by atoms with van der Waals surface area (Å²) in [5.74, 6) is -0.340. The molecule has 0 bridgehead atoms. The number of alkyl halides is 3. The summed E-state index contributed by atoms with van der Waals surface area (Å²) in [6.07, 6.45) is -3.60. The molecule has 1 atom stereocenters. The smallest absolute Gasteiger partial charge is 0.391 e. The third-order valence-electron chi connectivity index (χ3n) is 3.14. The van der Waals surface area contributed by atoms with Crippen LogP contribution >= 0.6 is 0 Å². The first-order valence-electron chi connectivity index (χ1n) is 6.02. The highest BCUT2D eigenvalue weighted by Gasteiger charge is 2.30. The highest BCUT2D eigenvalue weighted by molar-refractivity contribution is 5.94. The number of amides is 1. The van der Waals surface area contributed by atoms with Crippen molar-refractivity contribution in [1.82, 2.24) is 4.90 Å². The summed E-state index contributed by atoms with van der Waals surface area (Å²) in [5.41, 5.74) is -0.565. The van der Waals surface area contributed by atoms with E-state index in [-0.39, 0.29) is 18.0 Å². The molecule has 1 unspecified atom stereocenters. The van der Waals surface area contributed by atoms with Crippen LogP contribution in [0.4, 0.5) is 13.2 Å². The monoisotopic (exact) mass is 273 g/mol. The lowest BCUT2D eigenvalue weighted by atomic mass is 10.1. The average Bonchev–Trinajstić information content (AvgIpc) is 2.37. The molecule has 1 heterocycles. The van der Waals surface area contributed by atoms with E-state index in [2.05, 4.69) is 0 Å². The first-order valence-corrected chi connectivity index (χ1v) is 6.02. The molecule has 6 heteroatoms. The number of rotatable bonds is 1. The third kappa shape index (κ3) is 3.26. The average molecular weight is 273 g/mol. The molecular formula is C13H14F3NO2. The van der Waals surface area contributed by atoms with Gasteiger partial charge in [-0.3, -0.25) is 4.79 Å². The van der Waals surface area contributed by atoms with Gasteiger partial charge in [-0.2, -0.15) is 13.2 Å². The molecule has 0 aliphatic carbocycles. The fraction of sp³-hybridized carbons (Fsp3) is 0.462. The number of halogens is 3. The summed E-state index contributed by atoms with van der Waals surface area (Å²) in [7, 11) is 0. The Bertz CT molecular complexity index is 456. The maximum atomic E-state index is 12.4. The van der Waals surface area contributed by atoms with Gasteiger partial charge in [0.2, 0.25) is 0 Å². The predicted molar refractivity (Wildman–Crippen MR) is 62.6 cm³/mol. The van der Waals surface area contributed by atoms with Crippen LogP contribution in [0.5, 0.6) is 0 Å². The highest BCUT2D eigenvalue weighted by Crippen LogP contribution is 2.29. The molecule has 1 fully saturated rings. The van der Waals surface area contributed by atoms with Crippen molar-refractivity contribution < 1.29 is 23.1 Å². The normalized spacial score (nSPS) is 20.4. The third-order valence-corrected chi connectivity index (χ3v) is 3.14. The number of β-amino-alcohol motifs (C(OH)–C–C–N with tert-alkyl or cyclic N) is 1. The van der Waals surface area contributed by atoms with Gasteiger partial charge in [0.15, 0.2) is 0 Å². The van der Waals surface area contributed by atoms with Gasteiger partial charge in [-0.1, -0.05) is 0 Å². The van der Waals surface area contributed by atoms with E-state index in [4.69, 9.17) is 0 Å². The first-order chi connectivity index (χ1) is 8.88. The number of hydrogen-bond donors (Lipinski definition) is 1. The molecule has 0 spiro atoms. The summed E-state index contributed by atoms with van der Waals surface area (Å²) >= 11 is 0. The van der Waals surface area contributed by atoms with Gasteiger partial charge in [0.05, 0.1) is 11.7 Å². The van der Waals surface area contributed by atoms with Crippen LogP contribution in [-0.2, 0) is 6.18 Å². The second-order valence-electron chi connectivity index (χ2n) is 4.62. The van der Waals surface area contributed by atoms with E-state index in [1.165, 1.54) is 17.0 Å². The minimum Gasteiger partial charge on any atom is -0.391 e. The molecule has 1 saturated heterocycles. The van der Waals surface area contributed by atoms with E-state index >= 15 is 0 Å². The van der Waals surface area contributed by atoms with Crippen molar-refractivity contribution in [3.63, 3.8) is 0 Å². The van der Waals surface area contributed by atoms with E-state index < -0.39 is 17.8 Å². The van der Waals surface area contributed by atoms with Crippen LogP contribution < -0.4 is 0 Å². The summed E-state index contributed by atoms with van der Waals surface area (Å²) in [6, 6.07) is 4.14. The number of piperidine rings is 1. The van der Waals surface area contributed by atoms with Gasteiger partial charge >= 0.3 is 6.18 Å². The van der Waals surface area contributed by atoms with E-state index in [0.717, 1.165) is 12.1 Å². The Morgan fingerprint density at radius 2 is 1.89 bits per heavy atom. The maximum absolute atomic E-state index is 12.4. The second kappa shape index (κ2) is 5.21.